The normalized spacial score (nSPS) is 17.9. The fourth-order valence-corrected chi connectivity index (χ4v) is 4.64. The number of para-hydroxylation sites is 2. The molecule has 194 valence electrons. The third kappa shape index (κ3) is 5.95. The fourth-order valence-electron chi connectivity index (χ4n) is 4.06. The van der Waals surface area contributed by atoms with Gasteiger partial charge in [0.1, 0.15) is 5.75 Å². The molecule has 0 saturated heterocycles. The van der Waals surface area contributed by atoms with E-state index in [0.717, 1.165) is 17.6 Å². The Morgan fingerprint density at radius 2 is 1.78 bits per heavy atom. The highest BCUT2D eigenvalue weighted by molar-refractivity contribution is 7.93. The summed E-state index contributed by atoms with van der Waals surface area (Å²) in [6.07, 6.45) is 2.27. The Bertz CT molecular complexity index is 1410. The van der Waals surface area contributed by atoms with Crippen molar-refractivity contribution >= 4 is 27.6 Å². The second-order valence-corrected chi connectivity index (χ2v) is 10.1. The smallest absolute Gasteiger partial charge is 0.493 e. The molecule has 2 atom stereocenters. The van der Waals surface area contributed by atoms with Crippen LogP contribution in [0.4, 0.5) is 24.5 Å². The molecule has 3 aromatic carbocycles. The number of aliphatic hydroxyl groups excluding tert-OH is 1. The second kappa shape index (κ2) is 10.7. The van der Waals surface area contributed by atoms with Gasteiger partial charge >= 0.3 is 15.5 Å². The molecule has 37 heavy (non-hydrogen) atoms. The SMILES string of the molecule is N=C/C=C(/C[C@H]1COc2cc(-c3ccccc3NS(=O)(=O)C(F)(F)F)ccc2[C@@H]1O)Nc1ccccc1. The molecule has 0 saturated carbocycles. The van der Waals surface area contributed by atoms with Crippen molar-refractivity contribution < 1.29 is 31.4 Å². The first-order valence-corrected chi connectivity index (χ1v) is 12.7. The zero-order chi connectivity index (χ0) is 26.6. The monoisotopic (exact) mass is 531 g/mol. The fraction of sp³-hybridized carbons (Fsp3) is 0.192. The maximum atomic E-state index is 12.9. The molecule has 1 aliphatic rings. The molecule has 4 N–H and O–H groups in total. The Balaban J connectivity index is 1.56. The van der Waals surface area contributed by atoms with Crippen LogP contribution in [0.3, 0.4) is 0 Å². The van der Waals surface area contributed by atoms with Crippen LogP contribution in [-0.2, 0) is 10.0 Å². The van der Waals surface area contributed by atoms with Gasteiger partial charge in [-0.1, -0.05) is 48.5 Å². The molecule has 4 rings (SSSR count). The van der Waals surface area contributed by atoms with Gasteiger partial charge in [0.25, 0.3) is 0 Å². The summed E-state index contributed by atoms with van der Waals surface area (Å²) in [5, 5.41) is 21.8. The molecule has 0 aliphatic carbocycles. The van der Waals surface area contributed by atoms with Gasteiger partial charge in [-0.15, -0.1) is 0 Å². The van der Waals surface area contributed by atoms with Crippen molar-refractivity contribution in [2.24, 2.45) is 5.92 Å². The van der Waals surface area contributed by atoms with E-state index in [1.807, 2.05) is 30.3 Å². The molecular formula is C26H24F3N3O4S. The van der Waals surface area contributed by atoms with E-state index in [2.05, 4.69) is 5.32 Å². The Kier molecular flexibility index (Phi) is 7.55. The lowest BCUT2D eigenvalue weighted by Crippen LogP contribution is -2.30. The molecule has 0 aromatic heterocycles. The third-order valence-electron chi connectivity index (χ3n) is 5.86. The molecule has 1 heterocycles. The largest absolute Gasteiger partial charge is 0.516 e. The number of benzene rings is 3. The van der Waals surface area contributed by atoms with Crippen LogP contribution < -0.4 is 14.8 Å². The zero-order valence-corrected chi connectivity index (χ0v) is 20.2. The van der Waals surface area contributed by atoms with Gasteiger partial charge in [0.05, 0.1) is 18.4 Å². The van der Waals surface area contributed by atoms with Crippen molar-refractivity contribution in [3.05, 3.63) is 90.1 Å². The summed E-state index contributed by atoms with van der Waals surface area (Å²) in [4.78, 5) is 0. The van der Waals surface area contributed by atoms with E-state index >= 15 is 0 Å². The molecule has 0 amide bonds. The van der Waals surface area contributed by atoms with Crippen LogP contribution in [0.5, 0.6) is 5.75 Å². The van der Waals surface area contributed by atoms with Gasteiger partial charge in [0, 0.05) is 34.6 Å². The van der Waals surface area contributed by atoms with Crippen molar-refractivity contribution in [2.45, 2.75) is 18.0 Å². The molecule has 1 aliphatic heterocycles. The second-order valence-electron chi connectivity index (χ2n) is 8.42. The van der Waals surface area contributed by atoms with Crippen molar-refractivity contribution in [1.29, 1.82) is 5.41 Å². The summed E-state index contributed by atoms with van der Waals surface area (Å²) in [5.41, 5.74) is -2.99. The summed E-state index contributed by atoms with van der Waals surface area (Å²) in [7, 11) is -5.60. The first-order valence-electron chi connectivity index (χ1n) is 11.2. The van der Waals surface area contributed by atoms with Gasteiger partial charge in [-0.25, -0.2) is 0 Å². The first kappa shape index (κ1) is 26.2. The average molecular weight is 532 g/mol. The number of fused-ring (bicyclic) bond motifs is 1. The van der Waals surface area contributed by atoms with E-state index < -0.39 is 21.6 Å². The van der Waals surface area contributed by atoms with Gasteiger partial charge < -0.3 is 20.6 Å². The quantitative estimate of drug-likeness (QED) is 0.279. The van der Waals surface area contributed by atoms with Crippen molar-refractivity contribution in [3.63, 3.8) is 0 Å². The van der Waals surface area contributed by atoms with Crippen molar-refractivity contribution in [2.75, 3.05) is 16.6 Å². The lowest BCUT2D eigenvalue weighted by atomic mass is 9.88. The lowest BCUT2D eigenvalue weighted by molar-refractivity contribution is -0.0429. The predicted octanol–water partition coefficient (Wildman–Crippen LogP) is 5.69. The van der Waals surface area contributed by atoms with E-state index in [9.17, 15) is 26.7 Å². The molecule has 3 aromatic rings. The summed E-state index contributed by atoms with van der Waals surface area (Å²) in [6.45, 7) is 0.159. The highest BCUT2D eigenvalue weighted by Crippen LogP contribution is 2.41. The van der Waals surface area contributed by atoms with E-state index in [4.69, 9.17) is 10.1 Å². The Labute approximate surface area is 212 Å². The minimum absolute atomic E-state index is 0.159. The number of anilines is 2. The van der Waals surface area contributed by atoms with Gasteiger partial charge in [-0.05, 0) is 42.3 Å². The van der Waals surface area contributed by atoms with Crippen LogP contribution in [-0.4, -0.2) is 31.9 Å². The summed E-state index contributed by atoms with van der Waals surface area (Å²) >= 11 is 0. The zero-order valence-electron chi connectivity index (χ0n) is 19.4. The first-order chi connectivity index (χ1) is 17.6. The number of aliphatic hydroxyl groups is 1. The minimum Gasteiger partial charge on any atom is -0.493 e. The number of nitrogens with one attached hydrogen (secondary N) is 3. The topological polar surface area (TPSA) is 112 Å². The number of allylic oxidation sites excluding steroid dienone is 2. The standard InChI is InChI=1S/C26H24F3N3O4S/c27-26(28,29)37(34,35)32-23-9-5-4-8-21(23)17-10-11-22-24(15-17)36-16-18(25(22)33)14-20(12-13-30)31-19-6-2-1-3-7-19/h1-13,15,18,25,30-33H,14,16H2/b20-12-,30-13?/t18-,25+/m0/s1. The van der Waals surface area contributed by atoms with E-state index in [1.165, 1.54) is 18.2 Å². The summed E-state index contributed by atoms with van der Waals surface area (Å²) < 4.78 is 69.5. The average Bonchev–Trinajstić information content (AvgIpc) is 2.86. The van der Waals surface area contributed by atoms with Crippen molar-refractivity contribution in [3.8, 4) is 16.9 Å². The minimum atomic E-state index is -5.60. The highest BCUT2D eigenvalue weighted by Gasteiger charge is 2.46. The number of rotatable bonds is 8. The van der Waals surface area contributed by atoms with Crippen LogP contribution in [0, 0.1) is 11.3 Å². The molecule has 0 unspecified atom stereocenters. The number of alkyl halides is 3. The van der Waals surface area contributed by atoms with Crippen LogP contribution in [0.2, 0.25) is 0 Å². The Morgan fingerprint density at radius 3 is 2.49 bits per heavy atom. The number of hydrogen-bond acceptors (Lipinski definition) is 6. The summed E-state index contributed by atoms with van der Waals surface area (Å²) in [6, 6.07) is 19.9. The summed E-state index contributed by atoms with van der Waals surface area (Å²) in [5.74, 6) is 0.0231. The molecule has 11 heteroatoms. The lowest BCUT2D eigenvalue weighted by Gasteiger charge is -2.31. The van der Waals surface area contributed by atoms with Crippen LogP contribution in [0.15, 0.2) is 84.6 Å². The number of halogens is 3. The third-order valence-corrected chi connectivity index (χ3v) is 6.96. The highest BCUT2D eigenvalue weighted by atomic mass is 32.2. The van der Waals surface area contributed by atoms with Gasteiger partial charge in [-0.2, -0.15) is 21.6 Å². The van der Waals surface area contributed by atoms with Crippen LogP contribution in [0.1, 0.15) is 18.1 Å². The van der Waals surface area contributed by atoms with Crippen LogP contribution >= 0.6 is 0 Å². The van der Waals surface area contributed by atoms with E-state index in [0.29, 0.717) is 23.3 Å². The molecule has 0 spiro atoms. The number of hydrogen-bond donors (Lipinski definition) is 4. The Morgan fingerprint density at radius 1 is 1.08 bits per heavy atom. The molecular weight excluding hydrogens is 507 g/mol. The maximum absolute atomic E-state index is 12.9. The number of ether oxygens (including phenoxy) is 1. The van der Waals surface area contributed by atoms with Gasteiger partial charge in [-0.3, -0.25) is 4.72 Å². The maximum Gasteiger partial charge on any atom is 0.516 e. The Hall–Kier alpha value is -3.83. The predicted molar refractivity (Wildman–Crippen MR) is 136 cm³/mol. The van der Waals surface area contributed by atoms with E-state index in [-0.39, 0.29) is 23.8 Å². The molecule has 0 radical (unpaired) electrons. The van der Waals surface area contributed by atoms with E-state index in [1.54, 1.807) is 35.1 Å². The van der Waals surface area contributed by atoms with Gasteiger partial charge in [0.2, 0.25) is 0 Å². The van der Waals surface area contributed by atoms with Crippen LogP contribution in [0.25, 0.3) is 11.1 Å². The molecule has 0 fully saturated rings. The molecule has 0 bridgehead atoms. The van der Waals surface area contributed by atoms with Gasteiger partial charge in [0.15, 0.2) is 0 Å². The van der Waals surface area contributed by atoms with Crippen molar-refractivity contribution in [1.82, 2.24) is 0 Å². The number of sulfonamides is 1. The molecule has 7 nitrogen and oxygen atoms in total.